The molecule has 0 amide bonds. The summed E-state index contributed by atoms with van der Waals surface area (Å²) in [5.41, 5.74) is 0.682. The molecule has 0 aliphatic heterocycles. The third kappa shape index (κ3) is 5.38. The van der Waals surface area contributed by atoms with Crippen molar-refractivity contribution >= 4 is 34.8 Å². The lowest BCUT2D eigenvalue weighted by molar-refractivity contribution is 0.0165. The molecule has 1 rings (SSSR count). The minimum Gasteiger partial charge on any atom is -0.375 e. The highest BCUT2D eigenvalue weighted by molar-refractivity contribution is 6.34. The van der Waals surface area contributed by atoms with E-state index in [1.54, 1.807) is 18.2 Å². The minimum atomic E-state index is -2.46. The van der Waals surface area contributed by atoms with E-state index in [4.69, 9.17) is 39.5 Å². The van der Waals surface area contributed by atoms with Gasteiger partial charge in [-0.25, -0.2) is 8.78 Å². The zero-order valence-electron chi connectivity index (χ0n) is 8.81. The van der Waals surface area contributed by atoms with E-state index in [0.717, 1.165) is 0 Å². The van der Waals surface area contributed by atoms with Gasteiger partial charge in [-0.05, 0) is 30.2 Å². The lowest BCUT2D eigenvalue weighted by Crippen LogP contribution is -2.07. The summed E-state index contributed by atoms with van der Waals surface area (Å²) in [6.07, 6.45) is -2.06. The van der Waals surface area contributed by atoms with Crippen LogP contribution in [0, 0.1) is 0 Å². The van der Waals surface area contributed by atoms with Gasteiger partial charge in [0.2, 0.25) is 0 Å². The summed E-state index contributed by atoms with van der Waals surface area (Å²) in [7, 11) is 0. The van der Waals surface area contributed by atoms with Crippen molar-refractivity contribution in [2.24, 2.45) is 0 Å². The molecule has 1 aromatic rings. The zero-order valence-corrected chi connectivity index (χ0v) is 11.1. The molecule has 1 atom stereocenters. The van der Waals surface area contributed by atoms with Gasteiger partial charge in [-0.2, -0.15) is 0 Å². The first-order chi connectivity index (χ1) is 8.00. The van der Waals surface area contributed by atoms with Crippen LogP contribution < -0.4 is 0 Å². The number of rotatable bonds is 6. The van der Waals surface area contributed by atoms with Crippen LogP contribution in [0.25, 0.3) is 0 Å². The Bertz CT molecular complexity index is 361. The zero-order chi connectivity index (χ0) is 12.8. The average molecular weight is 304 g/mol. The molecule has 6 heteroatoms. The summed E-state index contributed by atoms with van der Waals surface area (Å²) < 4.78 is 28.4. The molecule has 0 heterocycles. The van der Waals surface area contributed by atoms with Crippen molar-refractivity contribution in [1.82, 2.24) is 0 Å². The quantitative estimate of drug-likeness (QED) is 0.534. The molecule has 17 heavy (non-hydrogen) atoms. The van der Waals surface area contributed by atoms with Crippen LogP contribution >= 0.6 is 34.8 Å². The van der Waals surface area contributed by atoms with E-state index in [1.165, 1.54) is 0 Å². The standard InChI is InChI=1S/C11H11Cl3F2O/c12-7-1-2-9(13)8(5-7)10(14)3-4-17-6-11(15)16/h1-2,5,10-11H,3-4,6H2. The number of hydrogen-bond donors (Lipinski definition) is 0. The number of hydrogen-bond acceptors (Lipinski definition) is 1. The maximum Gasteiger partial charge on any atom is 0.261 e. The fourth-order valence-corrected chi connectivity index (χ4v) is 2.02. The Morgan fingerprint density at radius 3 is 2.59 bits per heavy atom. The molecule has 0 radical (unpaired) electrons. The molecule has 0 fully saturated rings. The van der Waals surface area contributed by atoms with Gasteiger partial charge in [0, 0.05) is 16.7 Å². The van der Waals surface area contributed by atoms with E-state index in [0.29, 0.717) is 22.0 Å². The second-order valence-corrected chi connectivity index (χ2v) is 4.76. The first-order valence-electron chi connectivity index (χ1n) is 4.95. The number of alkyl halides is 3. The van der Waals surface area contributed by atoms with Crippen molar-refractivity contribution in [2.45, 2.75) is 18.2 Å². The van der Waals surface area contributed by atoms with Crippen molar-refractivity contribution in [1.29, 1.82) is 0 Å². The smallest absolute Gasteiger partial charge is 0.261 e. The fraction of sp³-hybridized carbons (Fsp3) is 0.455. The highest BCUT2D eigenvalue weighted by Gasteiger charge is 2.13. The van der Waals surface area contributed by atoms with E-state index >= 15 is 0 Å². The fourth-order valence-electron chi connectivity index (χ4n) is 1.27. The highest BCUT2D eigenvalue weighted by atomic mass is 35.5. The molecular formula is C11H11Cl3F2O. The van der Waals surface area contributed by atoms with Crippen LogP contribution in [-0.4, -0.2) is 19.6 Å². The molecule has 1 aromatic carbocycles. The number of benzene rings is 1. The normalized spacial score (nSPS) is 13.1. The maximum atomic E-state index is 11.8. The molecule has 0 saturated carbocycles. The molecule has 96 valence electrons. The first kappa shape index (κ1) is 15.0. The Balaban J connectivity index is 2.46. The summed E-state index contributed by atoms with van der Waals surface area (Å²) in [6.45, 7) is -0.422. The van der Waals surface area contributed by atoms with Crippen molar-refractivity contribution in [3.8, 4) is 0 Å². The molecule has 0 N–H and O–H groups in total. The molecule has 0 saturated heterocycles. The molecule has 0 aliphatic rings. The second kappa shape index (κ2) is 7.37. The summed E-state index contributed by atoms with van der Waals surface area (Å²) in [5, 5.41) is 0.630. The van der Waals surface area contributed by atoms with Crippen LogP contribution in [0.2, 0.25) is 10.0 Å². The second-order valence-electron chi connectivity index (χ2n) is 3.39. The molecular weight excluding hydrogens is 292 g/mol. The van der Waals surface area contributed by atoms with Crippen molar-refractivity contribution < 1.29 is 13.5 Å². The SMILES string of the molecule is FC(F)COCCC(Cl)c1cc(Cl)ccc1Cl. The minimum absolute atomic E-state index is 0.154. The highest BCUT2D eigenvalue weighted by Crippen LogP contribution is 2.32. The average Bonchev–Trinajstić information content (AvgIpc) is 2.27. The molecule has 0 aliphatic carbocycles. The van der Waals surface area contributed by atoms with Crippen LogP contribution in [-0.2, 0) is 4.74 Å². The van der Waals surface area contributed by atoms with Crippen LogP contribution in [0.15, 0.2) is 18.2 Å². The number of ether oxygens (including phenoxy) is 1. The van der Waals surface area contributed by atoms with E-state index in [2.05, 4.69) is 0 Å². The maximum absolute atomic E-state index is 11.8. The summed E-state index contributed by atoms with van der Waals surface area (Å²) in [4.78, 5) is 0. The van der Waals surface area contributed by atoms with Gasteiger partial charge in [0.05, 0.1) is 5.38 Å². The molecule has 1 nitrogen and oxygen atoms in total. The predicted molar refractivity (Wildman–Crippen MR) is 66.5 cm³/mol. The predicted octanol–water partition coefficient (Wildman–Crippen LogP) is 4.95. The Morgan fingerprint density at radius 1 is 1.24 bits per heavy atom. The molecule has 0 bridgehead atoms. The Hall–Kier alpha value is -0.0900. The lowest BCUT2D eigenvalue weighted by atomic mass is 10.1. The molecule has 1 unspecified atom stereocenters. The first-order valence-corrected chi connectivity index (χ1v) is 6.15. The van der Waals surface area contributed by atoms with Gasteiger partial charge >= 0.3 is 0 Å². The van der Waals surface area contributed by atoms with Gasteiger partial charge in [0.15, 0.2) is 0 Å². The molecule has 0 aromatic heterocycles. The van der Waals surface area contributed by atoms with E-state index in [-0.39, 0.29) is 6.61 Å². The van der Waals surface area contributed by atoms with Gasteiger partial charge in [-0.15, -0.1) is 11.6 Å². The largest absolute Gasteiger partial charge is 0.375 e. The van der Waals surface area contributed by atoms with Crippen LogP contribution in [0.3, 0.4) is 0 Å². The van der Waals surface area contributed by atoms with E-state index < -0.39 is 18.4 Å². The molecule has 0 spiro atoms. The lowest BCUT2D eigenvalue weighted by Gasteiger charge is -2.12. The van der Waals surface area contributed by atoms with Gasteiger partial charge < -0.3 is 4.74 Å². The van der Waals surface area contributed by atoms with Crippen molar-refractivity contribution in [2.75, 3.05) is 13.2 Å². The van der Waals surface area contributed by atoms with Crippen molar-refractivity contribution in [3.05, 3.63) is 33.8 Å². The van der Waals surface area contributed by atoms with Gasteiger partial charge in [0.25, 0.3) is 6.43 Å². The van der Waals surface area contributed by atoms with Crippen LogP contribution in [0.1, 0.15) is 17.4 Å². The Labute approximate surface area is 114 Å². The summed E-state index contributed by atoms with van der Waals surface area (Å²) >= 11 is 17.9. The van der Waals surface area contributed by atoms with Crippen molar-refractivity contribution in [3.63, 3.8) is 0 Å². The van der Waals surface area contributed by atoms with E-state index in [1.807, 2.05) is 0 Å². The summed E-state index contributed by atoms with van der Waals surface area (Å²) in [6, 6.07) is 4.97. The number of halogens is 5. The van der Waals surface area contributed by atoms with E-state index in [9.17, 15) is 8.78 Å². The monoisotopic (exact) mass is 302 g/mol. The van der Waals surface area contributed by atoms with Gasteiger partial charge in [-0.1, -0.05) is 23.2 Å². The Kier molecular flexibility index (Phi) is 6.49. The van der Waals surface area contributed by atoms with Crippen LogP contribution in [0.5, 0.6) is 0 Å². The summed E-state index contributed by atoms with van der Waals surface area (Å²) in [5.74, 6) is 0. The topological polar surface area (TPSA) is 9.23 Å². The third-order valence-electron chi connectivity index (χ3n) is 2.05. The third-order valence-corrected chi connectivity index (χ3v) is 3.09. The van der Waals surface area contributed by atoms with Crippen LogP contribution in [0.4, 0.5) is 8.78 Å². The van der Waals surface area contributed by atoms with Gasteiger partial charge in [-0.3, -0.25) is 0 Å². The van der Waals surface area contributed by atoms with Gasteiger partial charge in [0.1, 0.15) is 6.61 Å². The Morgan fingerprint density at radius 2 is 1.94 bits per heavy atom.